The Labute approximate surface area is 149 Å². The van der Waals surface area contributed by atoms with E-state index >= 15 is 0 Å². The molecule has 1 saturated heterocycles. The number of benzene rings is 1. The Hall–Kier alpha value is -2.12. The lowest BCUT2D eigenvalue weighted by atomic mass is 10.2. The average Bonchev–Trinajstić information content (AvgIpc) is 2.96. The summed E-state index contributed by atoms with van der Waals surface area (Å²) in [6.07, 6.45) is 1.66. The van der Waals surface area contributed by atoms with E-state index in [2.05, 4.69) is 0 Å². The van der Waals surface area contributed by atoms with Crippen molar-refractivity contribution in [3.63, 3.8) is 0 Å². The molecule has 0 spiro atoms. The van der Waals surface area contributed by atoms with Crippen LogP contribution in [0.4, 0.5) is 0 Å². The first-order chi connectivity index (χ1) is 11.5. The van der Waals surface area contributed by atoms with Gasteiger partial charge in [0.15, 0.2) is 0 Å². The molecule has 2 aromatic rings. The van der Waals surface area contributed by atoms with Crippen molar-refractivity contribution in [2.24, 2.45) is 7.05 Å². The number of carbonyl (C=O) groups excluding carboxylic acids is 1. The maximum Gasteiger partial charge on any atom is 0.278 e. The van der Waals surface area contributed by atoms with Crippen LogP contribution in [0.3, 0.4) is 0 Å². The van der Waals surface area contributed by atoms with Gasteiger partial charge >= 0.3 is 0 Å². The average molecular weight is 359 g/mol. The molecule has 24 heavy (non-hydrogen) atoms. The van der Waals surface area contributed by atoms with E-state index in [-0.39, 0.29) is 11.5 Å². The maximum absolute atomic E-state index is 12.9. The molecule has 7 heteroatoms. The van der Waals surface area contributed by atoms with Gasteiger partial charge in [-0.05, 0) is 32.1 Å². The van der Waals surface area contributed by atoms with Crippen LogP contribution in [0.25, 0.3) is 11.8 Å². The molecule has 1 amide bonds. The number of carbonyl (C=O) groups is 1. The van der Waals surface area contributed by atoms with Crippen LogP contribution in [-0.2, 0) is 11.8 Å². The Morgan fingerprint density at radius 1 is 1.21 bits per heavy atom. The second-order valence-electron chi connectivity index (χ2n) is 5.40. The van der Waals surface area contributed by atoms with E-state index in [4.69, 9.17) is 12.2 Å². The lowest BCUT2D eigenvalue weighted by Gasteiger charge is -2.09. The molecule has 2 heterocycles. The van der Waals surface area contributed by atoms with E-state index in [1.807, 2.05) is 51.2 Å². The standard InChI is InChI=1S/C17H17N3O2S2/c1-4-19-16(22)14(24-17(19)23)10-13-11(2)18(3)20(15(13)21)12-8-6-5-7-9-12/h5-10H,4H2,1-3H3/b14-10+. The summed E-state index contributed by atoms with van der Waals surface area (Å²) >= 11 is 6.46. The zero-order chi connectivity index (χ0) is 17.4. The number of rotatable bonds is 3. The predicted molar refractivity (Wildman–Crippen MR) is 101 cm³/mol. The van der Waals surface area contributed by atoms with Crippen molar-refractivity contribution in [1.82, 2.24) is 14.3 Å². The van der Waals surface area contributed by atoms with Crippen molar-refractivity contribution < 1.29 is 4.79 Å². The van der Waals surface area contributed by atoms with Crippen molar-refractivity contribution in [2.45, 2.75) is 13.8 Å². The summed E-state index contributed by atoms with van der Waals surface area (Å²) < 4.78 is 3.93. The van der Waals surface area contributed by atoms with Gasteiger partial charge in [-0.3, -0.25) is 19.2 Å². The number of aromatic nitrogens is 2. The quantitative estimate of drug-likeness (QED) is 0.624. The van der Waals surface area contributed by atoms with Gasteiger partial charge in [-0.25, -0.2) is 4.68 Å². The van der Waals surface area contributed by atoms with Crippen LogP contribution in [0.5, 0.6) is 0 Å². The lowest BCUT2D eigenvalue weighted by Crippen LogP contribution is -2.27. The van der Waals surface area contributed by atoms with E-state index in [9.17, 15) is 9.59 Å². The third-order valence-corrected chi connectivity index (χ3v) is 5.44. The Bertz CT molecular complexity index is 910. The summed E-state index contributed by atoms with van der Waals surface area (Å²) in [7, 11) is 1.83. The highest BCUT2D eigenvalue weighted by Gasteiger charge is 2.31. The van der Waals surface area contributed by atoms with Gasteiger partial charge in [0.25, 0.3) is 11.5 Å². The number of hydrogen-bond donors (Lipinski definition) is 0. The van der Waals surface area contributed by atoms with E-state index < -0.39 is 0 Å². The van der Waals surface area contributed by atoms with Crippen LogP contribution in [0.1, 0.15) is 18.2 Å². The number of para-hydroxylation sites is 1. The molecule has 0 bridgehead atoms. The minimum atomic E-state index is -0.150. The fourth-order valence-corrected chi connectivity index (χ4v) is 4.02. The summed E-state index contributed by atoms with van der Waals surface area (Å²) in [5.41, 5.74) is 1.94. The summed E-state index contributed by atoms with van der Waals surface area (Å²) in [4.78, 5) is 27.3. The van der Waals surface area contributed by atoms with Gasteiger partial charge in [0.2, 0.25) is 0 Å². The van der Waals surface area contributed by atoms with Crippen LogP contribution >= 0.6 is 24.0 Å². The molecular formula is C17H17N3O2S2. The second kappa shape index (κ2) is 6.41. The third kappa shape index (κ3) is 2.63. The monoisotopic (exact) mass is 359 g/mol. The van der Waals surface area contributed by atoms with Gasteiger partial charge in [-0.15, -0.1) is 0 Å². The number of likely N-dealkylation sites (N-methyl/N-ethyl adjacent to an activating group) is 1. The van der Waals surface area contributed by atoms with Crippen LogP contribution in [0, 0.1) is 6.92 Å². The third-order valence-electron chi connectivity index (χ3n) is 4.06. The van der Waals surface area contributed by atoms with Crippen LogP contribution in [0.2, 0.25) is 0 Å². The Morgan fingerprint density at radius 3 is 2.46 bits per heavy atom. The first-order valence-corrected chi connectivity index (χ1v) is 8.77. The first-order valence-electron chi connectivity index (χ1n) is 7.55. The summed E-state index contributed by atoms with van der Waals surface area (Å²) in [6, 6.07) is 9.43. The molecule has 1 fully saturated rings. The molecule has 0 aliphatic carbocycles. The molecular weight excluding hydrogens is 342 g/mol. The number of hydrogen-bond acceptors (Lipinski definition) is 4. The smallest absolute Gasteiger partial charge is 0.278 e. The highest BCUT2D eigenvalue weighted by atomic mass is 32.2. The van der Waals surface area contributed by atoms with E-state index in [1.54, 1.807) is 20.3 Å². The van der Waals surface area contributed by atoms with E-state index in [1.165, 1.54) is 11.8 Å². The van der Waals surface area contributed by atoms with Gasteiger partial charge in [0, 0.05) is 19.3 Å². The SMILES string of the molecule is CCN1C(=O)/C(=C\c2c(C)n(C)n(-c3ccccc3)c2=O)SC1=S. The number of thioether (sulfide) groups is 1. The van der Waals surface area contributed by atoms with Crippen LogP contribution in [-0.4, -0.2) is 31.0 Å². The predicted octanol–water partition coefficient (Wildman–Crippen LogP) is 2.71. The molecule has 0 N–H and O–H groups in total. The number of thiocarbonyl (C=S) groups is 1. The maximum atomic E-state index is 12.9. The molecule has 1 aliphatic heterocycles. The molecule has 0 radical (unpaired) electrons. The van der Waals surface area contributed by atoms with Gasteiger partial charge in [0.05, 0.1) is 16.2 Å². The van der Waals surface area contributed by atoms with Crippen molar-refractivity contribution >= 4 is 40.3 Å². The zero-order valence-electron chi connectivity index (χ0n) is 13.6. The second-order valence-corrected chi connectivity index (χ2v) is 7.08. The molecule has 3 rings (SSSR count). The van der Waals surface area contributed by atoms with Crippen molar-refractivity contribution in [3.05, 3.63) is 56.8 Å². The number of nitrogens with zero attached hydrogens (tertiary/aromatic N) is 3. The largest absolute Gasteiger partial charge is 0.293 e. The molecule has 5 nitrogen and oxygen atoms in total. The normalized spacial score (nSPS) is 16.5. The fraction of sp³-hybridized carbons (Fsp3) is 0.235. The minimum Gasteiger partial charge on any atom is -0.293 e. The van der Waals surface area contributed by atoms with Gasteiger partial charge in [-0.2, -0.15) is 0 Å². The highest BCUT2D eigenvalue weighted by Crippen LogP contribution is 2.32. The Balaban J connectivity index is 2.12. The summed E-state index contributed by atoms with van der Waals surface area (Å²) in [5, 5.41) is 0. The van der Waals surface area contributed by atoms with Crippen molar-refractivity contribution in [3.8, 4) is 5.69 Å². The van der Waals surface area contributed by atoms with Gasteiger partial charge in [-0.1, -0.05) is 42.2 Å². The van der Waals surface area contributed by atoms with Crippen LogP contribution in [0.15, 0.2) is 40.0 Å². The Morgan fingerprint density at radius 2 is 1.88 bits per heavy atom. The molecule has 1 aliphatic rings. The first kappa shape index (κ1) is 16.7. The molecule has 0 unspecified atom stereocenters. The lowest BCUT2D eigenvalue weighted by molar-refractivity contribution is -0.121. The van der Waals surface area contributed by atoms with Crippen molar-refractivity contribution in [2.75, 3.05) is 6.54 Å². The van der Waals surface area contributed by atoms with E-state index in [0.29, 0.717) is 21.3 Å². The molecule has 1 aromatic heterocycles. The minimum absolute atomic E-state index is 0.138. The fourth-order valence-electron chi connectivity index (χ4n) is 2.66. The molecule has 1 aromatic carbocycles. The number of amides is 1. The summed E-state index contributed by atoms with van der Waals surface area (Å²) in [6.45, 7) is 4.28. The zero-order valence-corrected chi connectivity index (χ0v) is 15.3. The molecule has 0 saturated carbocycles. The Kier molecular flexibility index (Phi) is 4.47. The molecule has 0 atom stereocenters. The summed E-state index contributed by atoms with van der Waals surface area (Å²) in [5.74, 6) is -0.138. The topological polar surface area (TPSA) is 47.2 Å². The van der Waals surface area contributed by atoms with Crippen molar-refractivity contribution in [1.29, 1.82) is 0 Å². The van der Waals surface area contributed by atoms with Gasteiger partial charge in [0.1, 0.15) is 4.32 Å². The molecule has 124 valence electrons. The van der Waals surface area contributed by atoms with E-state index in [0.717, 1.165) is 11.4 Å². The van der Waals surface area contributed by atoms with Gasteiger partial charge < -0.3 is 0 Å². The highest BCUT2D eigenvalue weighted by molar-refractivity contribution is 8.26. The van der Waals surface area contributed by atoms with Crippen LogP contribution < -0.4 is 5.56 Å².